The molecule has 1 aliphatic rings. The minimum Gasteiger partial charge on any atom is -0.381 e. The summed E-state index contributed by atoms with van der Waals surface area (Å²) in [5, 5.41) is 2.90. The van der Waals surface area contributed by atoms with Crippen molar-refractivity contribution < 1.29 is 9.53 Å². The fraction of sp³-hybridized carbons (Fsp3) is 0.500. The number of nitrogens with two attached hydrogens (primary N) is 1. The van der Waals surface area contributed by atoms with Crippen LogP contribution in [0.1, 0.15) is 23.3 Å². The van der Waals surface area contributed by atoms with Gasteiger partial charge in [0, 0.05) is 19.3 Å². The van der Waals surface area contributed by atoms with E-state index in [9.17, 15) is 4.79 Å². The number of hydrogen-bond acceptors (Lipinski definition) is 6. The SMILES string of the molecule is NNc1cncc(C(=O)NC2CCOCC2)n1. The van der Waals surface area contributed by atoms with E-state index in [0.717, 1.165) is 12.8 Å². The summed E-state index contributed by atoms with van der Waals surface area (Å²) < 4.78 is 5.22. The van der Waals surface area contributed by atoms with E-state index < -0.39 is 0 Å². The minimum absolute atomic E-state index is 0.146. The third-order valence-corrected chi connectivity index (χ3v) is 2.57. The molecule has 1 saturated heterocycles. The van der Waals surface area contributed by atoms with Gasteiger partial charge in [0.25, 0.3) is 5.91 Å². The maximum Gasteiger partial charge on any atom is 0.271 e. The molecule has 1 aliphatic heterocycles. The number of nitrogens with one attached hydrogen (secondary N) is 2. The molecular weight excluding hydrogens is 222 g/mol. The number of carbonyl (C=O) groups excluding carboxylic acids is 1. The van der Waals surface area contributed by atoms with E-state index in [2.05, 4.69) is 20.7 Å². The van der Waals surface area contributed by atoms with Crippen LogP contribution in [0.5, 0.6) is 0 Å². The summed E-state index contributed by atoms with van der Waals surface area (Å²) in [5.74, 6) is 5.33. The molecule has 2 heterocycles. The van der Waals surface area contributed by atoms with Gasteiger partial charge in [0.15, 0.2) is 5.82 Å². The molecule has 0 spiro atoms. The van der Waals surface area contributed by atoms with Gasteiger partial charge in [0.2, 0.25) is 0 Å². The summed E-state index contributed by atoms with van der Waals surface area (Å²) in [7, 11) is 0. The van der Waals surface area contributed by atoms with Gasteiger partial charge in [-0.05, 0) is 12.8 Å². The highest BCUT2D eigenvalue weighted by atomic mass is 16.5. The maximum atomic E-state index is 11.9. The van der Waals surface area contributed by atoms with Gasteiger partial charge in [-0.2, -0.15) is 0 Å². The average Bonchev–Trinajstić information content (AvgIpc) is 2.40. The highest BCUT2D eigenvalue weighted by Crippen LogP contribution is 2.07. The van der Waals surface area contributed by atoms with Crippen LogP contribution in [0.25, 0.3) is 0 Å². The fourth-order valence-corrected chi connectivity index (χ4v) is 1.65. The summed E-state index contributed by atoms with van der Waals surface area (Å²) >= 11 is 0. The Kier molecular flexibility index (Phi) is 3.84. The van der Waals surface area contributed by atoms with Crippen molar-refractivity contribution in [2.45, 2.75) is 18.9 Å². The van der Waals surface area contributed by atoms with Gasteiger partial charge in [-0.15, -0.1) is 0 Å². The van der Waals surface area contributed by atoms with E-state index in [0.29, 0.717) is 19.0 Å². The maximum absolute atomic E-state index is 11.9. The number of carbonyl (C=O) groups is 1. The van der Waals surface area contributed by atoms with E-state index in [1.54, 1.807) is 0 Å². The Balaban J connectivity index is 1.98. The number of rotatable bonds is 3. The number of aromatic nitrogens is 2. The molecule has 0 radical (unpaired) electrons. The van der Waals surface area contributed by atoms with Crippen molar-refractivity contribution in [2.75, 3.05) is 18.6 Å². The highest BCUT2D eigenvalue weighted by Gasteiger charge is 2.17. The summed E-state index contributed by atoms with van der Waals surface area (Å²) in [6.45, 7) is 1.36. The zero-order chi connectivity index (χ0) is 12.1. The van der Waals surface area contributed by atoms with E-state index in [4.69, 9.17) is 10.6 Å². The molecule has 0 aliphatic carbocycles. The molecule has 0 aromatic carbocycles. The fourth-order valence-electron chi connectivity index (χ4n) is 1.65. The quantitative estimate of drug-likeness (QED) is 0.491. The van der Waals surface area contributed by atoms with Gasteiger partial charge in [-0.3, -0.25) is 9.78 Å². The molecule has 7 heteroatoms. The van der Waals surface area contributed by atoms with Crippen LogP contribution in [0.4, 0.5) is 5.82 Å². The minimum atomic E-state index is -0.235. The first-order valence-electron chi connectivity index (χ1n) is 5.47. The third kappa shape index (κ3) is 3.11. The molecule has 4 N–H and O–H groups in total. The average molecular weight is 237 g/mol. The molecule has 17 heavy (non-hydrogen) atoms. The van der Waals surface area contributed by atoms with Crippen molar-refractivity contribution in [1.82, 2.24) is 15.3 Å². The van der Waals surface area contributed by atoms with Gasteiger partial charge >= 0.3 is 0 Å². The molecule has 0 bridgehead atoms. The zero-order valence-corrected chi connectivity index (χ0v) is 9.35. The molecule has 1 aromatic rings. The molecule has 1 fully saturated rings. The second kappa shape index (κ2) is 5.55. The Bertz CT molecular complexity index is 392. The zero-order valence-electron chi connectivity index (χ0n) is 9.35. The van der Waals surface area contributed by atoms with E-state index in [1.165, 1.54) is 12.4 Å². The Hall–Kier alpha value is -1.73. The first-order valence-corrected chi connectivity index (χ1v) is 5.47. The van der Waals surface area contributed by atoms with E-state index >= 15 is 0 Å². The summed E-state index contributed by atoms with van der Waals surface area (Å²) in [4.78, 5) is 19.8. The molecule has 2 rings (SSSR count). The van der Waals surface area contributed by atoms with Crippen molar-refractivity contribution in [2.24, 2.45) is 5.84 Å². The van der Waals surface area contributed by atoms with Gasteiger partial charge in [0.05, 0.1) is 12.4 Å². The van der Waals surface area contributed by atoms with Crippen LogP contribution in [-0.4, -0.2) is 35.1 Å². The molecule has 1 aromatic heterocycles. The number of nitrogen functional groups attached to an aromatic ring is 1. The predicted molar refractivity (Wildman–Crippen MR) is 61.1 cm³/mol. The Morgan fingerprint density at radius 1 is 1.41 bits per heavy atom. The van der Waals surface area contributed by atoms with Crippen molar-refractivity contribution in [3.8, 4) is 0 Å². The standard InChI is InChI=1S/C10H15N5O2/c11-15-9-6-12-5-8(14-9)10(16)13-7-1-3-17-4-2-7/h5-7H,1-4,11H2,(H,13,16)(H,14,15). The van der Waals surface area contributed by atoms with Gasteiger partial charge in [-0.1, -0.05) is 0 Å². The number of hydrogen-bond donors (Lipinski definition) is 3. The molecule has 7 nitrogen and oxygen atoms in total. The van der Waals surface area contributed by atoms with Crippen LogP contribution in [0.15, 0.2) is 12.4 Å². The monoisotopic (exact) mass is 237 g/mol. The lowest BCUT2D eigenvalue weighted by Gasteiger charge is -2.22. The Labute approximate surface area is 98.7 Å². The summed E-state index contributed by atoms with van der Waals surface area (Å²) in [5.41, 5.74) is 2.61. The van der Waals surface area contributed by atoms with Crippen molar-refractivity contribution in [3.05, 3.63) is 18.1 Å². The largest absolute Gasteiger partial charge is 0.381 e. The molecule has 92 valence electrons. The van der Waals surface area contributed by atoms with Crippen LogP contribution >= 0.6 is 0 Å². The lowest BCUT2D eigenvalue weighted by Crippen LogP contribution is -2.39. The first kappa shape index (κ1) is 11.7. The second-order valence-corrected chi connectivity index (χ2v) is 3.79. The smallest absolute Gasteiger partial charge is 0.271 e. The molecule has 1 amide bonds. The van der Waals surface area contributed by atoms with Gasteiger partial charge in [-0.25, -0.2) is 10.8 Å². The van der Waals surface area contributed by atoms with Crippen LogP contribution in [0, 0.1) is 0 Å². The van der Waals surface area contributed by atoms with Crippen molar-refractivity contribution in [1.29, 1.82) is 0 Å². The number of hydrazine groups is 1. The lowest BCUT2D eigenvalue weighted by molar-refractivity contribution is 0.0694. The number of ether oxygens (including phenoxy) is 1. The summed E-state index contributed by atoms with van der Waals surface area (Å²) in [6, 6.07) is 0.146. The summed E-state index contributed by atoms with van der Waals surface area (Å²) in [6.07, 6.45) is 4.52. The van der Waals surface area contributed by atoms with Crippen LogP contribution in [0.3, 0.4) is 0 Å². The van der Waals surface area contributed by atoms with Crippen LogP contribution in [0.2, 0.25) is 0 Å². The number of amides is 1. The number of anilines is 1. The third-order valence-electron chi connectivity index (χ3n) is 2.57. The van der Waals surface area contributed by atoms with Crippen LogP contribution in [-0.2, 0) is 4.74 Å². The van der Waals surface area contributed by atoms with Gasteiger partial charge < -0.3 is 15.5 Å². The molecule has 0 unspecified atom stereocenters. The van der Waals surface area contributed by atoms with Crippen molar-refractivity contribution >= 4 is 11.7 Å². The second-order valence-electron chi connectivity index (χ2n) is 3.79. The van der Waals surface area contributed by atoms with Crippen LogP contribution < -0.4 is 16.6 Å². The predicted octanol–water partition coefficient (Wildman–Crippen LogP) is -0.329. The van der Waals surface area contributed by atoms with Crippen molar-refractivity contribution in [3.63, 3.8) is 0 Å². The van der Waals surface area contributed by atoms with E-state index in [1.807, 2.05) is 0 Å². The molecular formula is C10H15N5O2. The topological polar surface area (TPSA) is 102 Å². The molecule has 0 saturated carbocycles. The number of nitrogens with zero attached hydrogens (tertiary/aromatic N) is 2. The Morgan fingerprint density at radius 2 is 2.18 bits per heavy atom. The Morgan fingerprint density at radius 3 is 2.88 bits per heavy atom. The highest BCUT2D eigenvalue weighted by molar-refractivity contribution is 5.92. The first-order chi connectivity index (χ1) is 8.29. The lowest BCUT2D eigenvalue weighted by atomic mass is 10.1. The van der Waals surface area contributed by atoms with E-state index in [-0.39, 0.29) is 17.6 Å². The normalized spacial score (nSPS) is 16.5. The molecule has 0 atom stereocenters. The van der Waals surface area contributed by atoms with Gasteiger partial charge in [0.1, 0.15) is 5.69 Å².